The van der Waals surface area contributed by atoms with Gasteiger partial charge in [-0.2, -0.15) is 0 Å². The molecule has 2 N–H and O–H groups in total. The fourth-order valence-electron chi connectivity index (χ4n) is 2.36. The van der Waals surface area contributed by atoms with Crippen molar-refractivity contribution in [2.24, 2.45) is 0 Å². The molecule has 0 radical (unpaired) electrons. The quantitative estimate of drug-likeness (QED) is 0.834. The molecule has 10 heteroatoms. The SMILES string of the molecule is Cc1ccnc(NS(=O)(=O)c2ccc(NC(=O)N3CCOCC3)cc2)n1. The van der Waals surface area contributed by atoms with Gasteiger partial charge < -0.3 is 15.0 Å². The van der Waals surface area contributed by atoms with E-state index < -0.39 is 10.0 Å². The van der Waals surface area contributed by atoms with Crippen LogP contribution in [0.15, 0.2) is 41.4 Å². The van der Waals surface area contributed by atoms with Crippen LogP contribution in [0.3, 0.4) is 0 Å². The first-order chi connectivity index (χ1) is 12.4. The number of sulfonamides is 1. The number of carbonyl (C=O) groups is 1. The summed E-state index contributed by atoms with van der Waals surface area (Å²) < 4.78 is 32.3. The van der Waals surface area contributed by atoms with E-state index in [1.165, 1.54) is 30.5 Å². The van der Waals surface area contributed by atoms with Crippen LogP contribution in [-0.2, 0) is 14.8 Å². The molecule has 0 spiro atoms. The number of aryl methyl sites for hydroxylation is 1. The zero-order valence-electron chi connectivity index (χ0n) is 14.2. The number of amides is 2. The van der Waals surface area contributed by atoms with Gasteiger partial charge in [-0.15, -0.1) is 0 Å². The van der Waals surface area contributed by atoms with Gasteiger partial charge in [-0.25, -0.2) is 27.9 Å². The van der Waals surface area contributed by atoms with Crippen LogP contribution in [0.2, 0.25) is 0 Å². The lowest BCUT2D eigenvalue weighted by Gasteiger charge is -2.26. The van der Waals surface area contributed by atoms with Crippen LogP contribution in [0.1, 0.15) is 5.69 Å². The Hall–Kier alpha value is -2.72. The molecule has 26 heavy (non-hydrogen) atoms. The highest BCUT2D eigenvalue weighted by Crippen LogP contribution is 2.17. The van der Waals surface area contributed by atoms with Gasteiger partial charge in [-0.05, 0) is 37.3 Å². The second-order valence-corrected chi connectivity index (χ2v) is 7.36. The maximum absolute atomic E-state index is 12.4. The number of hydrogen-bond donors (Lipinski definition) is 2. The summed E-state index contributed by atoms with van der Waals surface area (Å²) in [4.78, 5) is 21.7. The van der Waals surface area contributed by atoms with E-state index in [0.717, 1.165) is 0 Å². The molecule has 3 rings (SSSR count). The standard InChI is InChI=1S/C16H19N5O4S/c1-12-6-7-17-15(18-12)20-26(23,24)14-4-2-13(3-5-14)19-16(22)21-8-10-25-11-9-21/h2-7H,8-11H2,1H3,(H,19,22)(H,17,18,20). The lowest BCUT2D eigenvalue weighted by atomic mass is 10.3. The topological polar surface area (TPSA) is 114 Å². The molecule has 1 aliphatic rings. The van der Waals surface area contributed by atoms with Crippen LogP contribution in [0.4, 0.5) is 16.4 Å². The van der Waals surface area contributed by atoms with Crippen LogP contribution in [0.25, 0.3) is 0 Å². The van der Waals surface area contributed by atoms with E-state index in [-0.39, 0.29) is 16.9 Å². The van der Waals surface area contributed by atoms with Crippen molar-refractivity contribution in [3.8, 4) is 0 Å². The minimum Gasteiger partial charge on any atom is -0.378 e. The van der Waals surface area contributed by atoms with E-state index in [0.29, 0.717) is 37.7 Å². The summed E-state index contributed by atoms with van der Waals surface area (Å²) in [6.45, 7) is 3.82. The predicted octanol–water partition coefficient (Wildman–Crippen LogP) is 1.45. The Balaban J connectivity index is 1.67. The monoisotopic (exact) mass is 377 g/mol. The molecule has 0 unspecified atom stereocenters. The highest BCUT2D eigenvalue weighted by molar-refractivity contribution is 7.92. The summed E-state index contributed by atoms with van der Waals surface area (Å²) in [5.41, 5.74) is 1.16. The normalized spacial score (nSPS) is 14.7. The Labute approximate surface area is 151 Å². The molecule has 1 fully saturated rings. The molecule has 0 saturated carbocycles. The smallest absolute Gasteiger partial charge is 0.321 e. The third kappa shape index (κ3) is 4.46. The van der Waals surface area contributed by atoms with Gasteiger partial charge in [0, 0.05) is 30.7 Å². The largest absolute Gasteiger partial charge is 0.378 e. The minimum absolute atomic E-state index is 0.00898. The molecule has 9 nitrogen and oxygen atoms in total. The van der Waals surface area contributed by atoms with Crippen LogP contribution < -0.4 is 10.0 Å². The van der Waals surface area contributed by atoms with Gasteiger partial charge in [-0.3, -0.25) is 0 Å². The number of nitrogens with one attached hydrogen (secondary N) is 2. The van der Waals surface area contributed by atoms with Crippen LogP contribution in [0, 0.1) is 6.92 Å². The van der Waals surface area contributed by atoms with Crippen LogP contribution in [-0.4, -0.2) is 55.6 Å². The molecule has 1 saturated heterocycles. The zero-order chi connectivity index (χ0) is 18.6. The molecular weight excluding hydrogens is 358 g/mol. The number of ether oxygens (including phenoxy) is 1. The molecule has 138 valence electrons. The van der Waals surface area contributed by atoms with Gasteiger partial charge in [0.2, 0.25) is 5.95 Å². The molecular formula is C16H19N5O4S. The summed E-state index contributed by atoms with van der Waals surface area (Å²) in [6, 6.07) is 7.31. The number of benzene rings is 1. The fourth-order valence-corrected chi connectivity index (χ4v) is 3.31. The zero-order valence-corrected chi connectivity index (χ0v) is 15.0. The average Bonchev–Trinajstić information content (AvgIpc) is 2.62. The maximum atomic E-state index is 12.4. The lowest BCUT2D eigenvalue weighted by Crippen LogP contribution is -2.43. The molecule has 0 bridgehead atoms. The molecule has 0 atom stereocenters. The van der Waals surface area contributed by atoms with Gasteiger partial charge in [0.1, 0.15) is 0 Å². The number of nitrogens with zero attached hydrogens (tertiary/aromatic N) is 3. The molecule has 2 amide bonds. The third-order valence-electron chi connectivity index (χ3n) is 3.73. The number of anilines is 2. The number of rotatable bonds is 4. The highest BCUT2D eigenvalue weighted by atomic mass is 32.2. The fraction of sp³-hybridized carbons (Fsp3) is 0.312. The van der Waals surface area contributed by atoms with Crippen molar-refractivity contribution >= 4 is 27.7 Å². The van der Waals surface area contributed by atoms with E-state index in [4.69, 9.17) is 4.74 Å². The molecule has 2 aromatic rings. The Bertz CT molecular complexity index is 880. The minimum atomic E-state index is -3.81. The average molecular weight is 377 g/mol. The van der Waals surface area contributed by atoms with Crippen LogP contribution >= 0.6 is 0 Å². The van der Waals surface area contributed by atoms with Crippen molar-refractivity contribution in [2.75, 3.05) is 36.3 Å². The van der Waals surface area contributed by atoms with Crippen LogP contribution in [0.5, 0.6) is 0 Å². The van der Waals surface area contributed by atoms with E-state index in [1.54, 1.807) is 17.9 Å². The summed E-state index contributed by atoms with van der Waals surface area (Å²) in [7, 11) is -3.81. The third-order valence-corrected chi connectivity index (χ3v) is 5.08. The summed E-state index contributed by atoms with van der Waals surface area (Å²) in [5, 5.41) is 2.74. The number of urea groups is 1. The molecule has 1 aromatic carbocycles. The Morgan fingerprint density at radius 1 is 1.15 bits per heavy atom. The van der Waals surface area contributed by atoms with Gasteiger partial charge in [-0.1, -0.05) is 0 Å². The first-order valence-electron chi connectivity index (χ1n) is 8.00. The van der Waals surface area contributed by atoms with E-state index in [2.05, 4.69) is 20.0 Å². The van der Waals surface area contributed by atoms with E-state index in [9.17, 15) is 13.2 Å². The molecule has 1 aromatic heterocycles. The lowest BCUT2D eigenvalue weighted by molar-refractivity contribution is 0.0564. The Morgan fingerprint density at radius 3 is 2.50 bits per heavy atom. The van der Waals surface area contributed by atoms with Crippen molar-refractivity contribution in [2.45, 2.75) is 11.8 Å². The first-order valence-corrected chi connectivity index (χ1v) is 9.48. The van der Waals surface area contributed by atoms with Gasteiger partial charge in [0.05, 0.1) is 18.1 Å². The number of morpholine rings is 1. The van der Waals surface area contributed by atoms with Crippen molar-refractivity contribution in [3.05, 3.63) is 42.2 Å². The Morgan fingerprint density at radius 2 is 1.85 bits per heavy atom. The second kappa shape index (κ2) is 7.67. The summed E-state index contributed by atoms with van der Waals surface area (Å²) in [5.74, 6) is 0.00898. The highest BCUT2D eigenvalue weighted by Gasteiger charge is 2.18. The number of hydrogen-bond acceptors (Lipinski definition) is 6. The van der Waals surface area contributed by atoms with Crippen molar-refractivity contribution < 1.29 is 17.9 Å². The number of aromatic nitrogens is 2. The predicted molar refractivity (Wildman–Crippen MR) is 95.4 cm³/mol. The van der Waals surface area contributed by atoms with E-state index >= 15 is 0 Å². The summed E-state index contributed by atoms with van der Waals surface area (Å²) >= 11 is 0. The van der Waals surface area contributed by atoms with Crippen molar-refractivity contribution in [1.82, 2.24) is 14.9 Å². The van der Waals surface area contributed by atoms with Gasteiger partial charge in [0.15, 0.2) is 0 Å². The van der Waals surface area contributed by atoms with Crippen molar-refractivity contribution in [1.29, 1.82) is 0 Å². The Kier molecular flexibility index (Phi) is 5.33. The molecule has 1 aliphatic heterocycles. The van der Waals surface area contributed by atoms with Gasteiger partial charge in [0.25, 0.3) is 10.0 Å². The van der Waals surface area contributed by atoms with Gasteiger partial charge >= 0.3 is 6.03 Å². The number of carbonyl (C=O) groups excluding carboxylic acids is 1. The second-order valence-electron chi connectivity index (χ2n) is 5.68. The maximum Gasteiger partial charge on any atom is 0.321 e. The molecule has 0 aliphatic carbocycles. The first kappa shape index (κ1) is 18.1. The van der Waals surface area contributed by atoms with Crippen molar-refractivity contribution in [3.63, 3.8) is 0 Å². The summed E-state index contributed by atoms with van der Waals surface area (Å²) in [6.07, 6.45) is 1.48. The van der Waals surface area contributed by atoms with E-state index in [1.807, 2.05) is 0 Å². The molecule has 2 heterocycles.